The third-order valence-electron chi connectivity index (χ3n) is 5.80. The van der Waals surface area contributed by atoms with E-state index in [9.17, 15) is 8.42 Å². The van der Waals surface area contributed by atoms with Gasteiger partial charge in [-0.05, 0) is 54.9 Å². The normalized spacial score (nSPS) is 30.5. The number of thiophene rings is 1. The van der Waals surface area contributed by atoms with E-state index in [1.54, 1.807) is 11.3 Å². The van der Waals surface area contributed by atoms with E-state index in [0.29, 0.717) is 30.6 Å². The van der Waals surface area contributed by atoms with E-state index in [2.05, 4.69) is 35.9 Å². The van der Waals surface area contributed by atoms with E-state index >= 15 is 0 Å². The van der Waals surface area contributed by atoms with E-state index in [0.717, 1.165) is 24.2 Å². The number of sulfone groups is 1. The van der Waals surface area contributed by atoms with Crippen LogP contribution in [0.1, 0.15) is 44.4 Å². The first kappa shape index (κ1) is 22.9. The van der Waals surface area contributed by atoms with Crippen LogP contribution in [-0.2, 0) is 16.4 Å². The van der Waals surface area contributed by atoms with Crippen molar-refractivity contribution in [1.29, 1.82) is 0 Å². The summed E-state index contributed by atoms with van der Waals surface area (Å²) in [7, 11) is -2.83. The summed E-state index contributed by atoms with van der Waals surface area (Å²) in [5.74, 6) is 3.16. The molecule has 0 aromatic carbocycles. The van der Waals surface area contributed by atoms with E-state index in [-0.39, 0.29) is 29.9 Å². The molecule has 1 saturated heterocycles. The molecule has 0 amide bonds. The van der Waals surface area contributed by atoms with Gasteiger partial charge in [0.1, 0.15) is 0 Å². The number of guanidine groups is 1. The second-order valence-electron chi connectivity index (χ2n) is 8.00. The fourth-order valence-electron chi connectivity index (χ4n) is 3.86. The van der Waals surface area contributed by atoms with Crippen molar-refractivity contribution in [2.45, 2.75) is 52.1 Å². The summed E-state index contributed by atoms with van der Waals surface area (Å²) in [5, 5.41) is 9.09. The minimum Gasteiger partial charge on any atom is -0.356 e. The Bertz CT molecular complexity index is 707. The van der Waals surface area contributed by atoms with Crippen LogP contribution in [0.3, 0.4) is 0 Å². The smallest absolute Gasteiger partial charge is 0.191 e. The van der Waals surface area contributed by atoms with Crippen LogP contribution in [0.2, 0.25) is 0 Å². The Morgan fingerprint density at radius 3 is 2.70 bits per heavy atom. The molecule has 4 unspecified atom stereocenters. The summed E-state index contributed by atoms with van der Waals surface area (Å²) in [6.07, 6.45) is 4.34. The van der Waals surface area contributed by atoms with Gasteiger partial charge >= 0.3 is 0 Å². The Kier molecular flexibility index (Phi) is 8.86. The summed E-state index contributed by atoms with van der Waals surface area (Å²) in [5.41, 5.74) is 0. The Balaban J connectivity index is 0.00000261. The van der Waals surface area contributed by atoms with Crippen molar-refractivity contribution in [2.75, 3.05) is 18.1 Å². The van der Waals surface area contributed by atoms with Crippen LogP contribution in [-0.4, -0.2) is 38.5 Å². The molecular weight excluding hydrogens is 493 g/mol. The molecule has 4 atom stereocenters. The molecule has 1 aliphatic carbocycles. The van der Waals surface area contributed by atoms with Crippen molar-refractivity contribution in [3.05, 3.63) is 22.4 Å². The van der Waals surface area contributed by atoms with Gasteiger partial charge in [0.25, 0.3) is 0 Å². The molecule has 1 aromatic heterocycles. The Labute approximate surface area is 184 Å². The molecule has 0 spiro atoms. The molecule has 1 aromatic rings. The predicted octanol–water partition coefficient (Wildman–Crippen LogP) is 3.66. The third kappa shape index (κ3) is 7.20. The van der Waals surface area contributed by atoms with Gasteiger partial charge < -0.3 is 10.6 Å². The molecule has 5 nitrogen and oxygen atoms in total. The van der Waals surface area contributed by atoms with E-state index in [4.69, 9.17) is 4.99 Å². The second-order valence-corrected chi connectivity index (χ2v) is 11.3. The molecule has 2 aliphatic rings. The van der Waals surface area contributed by atoms with Gasteiger partial charge in [0.15, 0.2) is 15.8 Å². The zero-order valence-electron chi connectivity index (χ0n) is 16.2. The maximum absolute atomic E-state index is 11.7. The Morgan fingerprint density at radius 2 is 2.07 bits per heavy atom. The lowest BCUT2D eigenvalue weighted by molar-refractivity contribution is 0.239. The van der Waals surface area contributed by atoms with Crippen molar-refractivity contribution in [3.63, 3.8) is 0 Å². The average Bonchev–Trinajstić information content (AvgIpc) is 3.22. The lowest BCUT2D eigenvalue weighted by Crippen LogP contribution is -2.47. The molecule has 8 heteroatoms. The molecule has 154 valence electrons. The molecule has 2 heterocycles. The van der Waals surface area contributed by atoms with Crippen LogP contribution >= 0.6 is 35.3 Å². The summed E-state index contributed by atoms with van der Waals surface area (Å²) >= 11 is 1.71. The fraction of sp³-hybridized carbons (Fsp3) is 0.737. The highest BCUT2D eigenvalue weighted by Crippen LogP contribution is 2.29. The highest BCUT2D eigenvalue weighted by molar-refractivity contribution is 14.0. The number of halogens is 1. The molecule has 1 aliphatic heterocycles. The molecule has 2 fully saturated rings. The van der Waals surface area contributed by atoms with Crippen LogP contribution < -0.4 is 10.6 Å². The summed E-state index contributed by atoms with van der Waals surface area (Å²) < 4.78 is 23.4. The number of rotatable bonds is 5. The van der Waals surface area contributed by atoms with Crippen molar-refractivity contribution < 1.29 is 8.42 Å². The van der Waals surface area contributed by atoms with Gasteiger partial charge in [-0.15, -0.1) is 35.3 Å². The first-order chi connectivity index (χ1) is 12.4. The zero-order valence-corrected chi connectivity index (χ0v) is 20.2. The maximum Gasteiger partial charge on any atom is 0.191 e. The van der Waals surface area contributed by atoms with Crippen molar-refractivity contribution in [2.24, 2.45) is 22.7 Å². The van der Waals surface area contributed by atoms with Crippen molar-refractivity contribution in [3.8, 4) is 0 Å². The first-order valence-electron chi connectivity index (χ1n) is 9.69. The number of aliphatic imine (C=N–C) groups is 1. The molecule has 3 rings (SSSR count). The number of nitrogens with zero attached hydrogens (tertiary/aromatic N) is 1. The predicted molar refractivity (Wildman–Crippen MR) is 125 cm³/mol. The summed E-state index contributed by atoms with van der Waals surface area (Å²) in [6.45, 7) is 6.01. The SMILES string of the molecule is CC1CCC(NC(=NCc2cccs2)NCC2CCS(=O)(=O)C2)CC1C.I. The number of hydrogen-bond acceptors (Lipinski definition) is 4. The lowest BCUT2D eigenvalue weighted by Gasteiger charge is -2.33. The highest BCUT2D eigenvalue weighted by atomic mass is 127. The molecule has 0 radical (unpaired) electrons. The maximum atomic E-state index is 11.7. The Hall–Kier alpha value is -0.350. The lowest BCUT2D eigenvalue weighted by atomic mass is 9.79. The van der Waals surface area contributed by atoms with Crippen molar-refractivity contribution in [1.82, 2.24) is 10.6 Å². The minimum atomic E-state index is -2.83. The largest absolute Gasteiger partial charge is 0.356 e. The molecule has 2 N–H and O–H groups in total. The fourth-order valence-corrected chi connectivity index (χ4v) is 6.35. The summed E-state index contributed by atoms with van der Waals surface area (Å²) in [4.78, 5) is 5.99. The van der Waals surface area contributed by atoms with Crippen LogP contribution in [0.5, 0.6) is 0 Å². The molecule has 27 heavy (non-hydrogen) atoms. The van der Waals surface area contributed by atoms with Gasteiger partial charge in [0, 0.05) is 17.5 Å². The van der Waals surface area contributed by atoms with Gasteiger partial charge in [-0.3, -0.25) is 0 Å². The van der Waals surface area contributed by atoms with Gasteiger partial charge in [0.05, 0.1) is 18.1 Å². The van der Waals surface area contributed by atoms with Gasteiger partial charge in [-0.1, -0.05) is 19.9 Å². The molecule has 1 saturated carbocycles. The van der Waals surface area contributed by atoms with E-state index in [1.165, 1.54) is 24.1 Å². The number of nitrogens with one attached hydrogen (secondary N) is 2. The monoisotopic (exact) mass is 525 g/mol. The van der Waals surface area contributed by atoms with Crippen LogP contribution in [0.4, 0.5) is 0 Å². The van der Waals surface area contributed by atoms with Crippen molar-refractivity contribution >= 4 is 51.1 Å². The van der Waals surface area contributed by atoms with Gasteiger partial charge in [-0.25, -0.2) is 13.4 Å². The quantitative estimate of drug-likeness (QED) is 0.350. The van der Waals surface area contributed by atoms with Crippen LogP contribution in [0.25, 0.3) is 0 Å². The summed E-state index contributed by atoms with van der Waals surface area (Å²) in [6, 6.07) is 4.59. The zero-order chi connectivity index (χ0) is 18.6. The first-order valence-corrected chi connectivity index (χ1v) is 12.4. The second kappa shape index (κ2) is 10.4. The van der Waals surface area contributed by atoms with Gasteiger partial charge in [-0.2, -0.15) is 0 Å². The molecule has 0 bridgehead atoms. The molecular formula is C19H32IN3O2S2. The van der Waals surface area contributed by atoms with E-state index in [1.807, 2.05) is 6.07 Å². The number of hydrogen-bond donors (Lipinski definition) is 2. The standard InChI is InChI=1S/C19H31N3O2S2.HI/c1-14-5-6-17(10-15(14)2)22-19(21-12-18-4-3-8-25-18)20-11-16-7-9-26(23,24)13-16;/h3-4,8,14-17H,5-7,9-13H2,1-2H3,(H2,20,21,22);1H. The third-order valence-corrected chi connectivity index (χ3v) is 8.50. The average molecular weight is 526 g/mol. The van der Waals surface area contributed by atoms with E-state index < -0.39 is 9.84 Å². The van der Waals surface area contributed by atoms with Gasteiger partial charge in [0.2, 0.25) is 0 Å². The highest BCUT2D eigenvalue weighted by Gasteiger charge is 2.28. The Morgan fingerprint density at radius 1 is 1.26 bits per heavy atom. The minimum absolute atomic E-state index is 0. The van der Waals surface area contributed by atoms with Crippen LogP contribution in [0.15, 0.2) is 22.5 Å². The topological polar surface area (TPSA) is 70.6 Å². The van der Waals surface area contributed by atoms with Crippen LogP contribution in [0, 0.1) is 17.8 Å².